The molecular weight excluding hydrogens is 357 g/mol. The molecule has 0 aliphatic rings. The Morgan fingerprint density at radius 3 is 2.42 bits per heavy atom. The minimum atomic E-state index is -4.82. The van der Waals surface area contributed by atoms with Gasteiger partial charge in [0.25, 0.3) is 0 Å². The Morgan fingerprint density at radius 1 is 1.12 bits per heavy atom. The molecule has 1 aromatic carbocycles. The van der Waals surface area contributed by atoms with Crippen molar-refractivity contribution >= 4 is 23.3 Å². The topological polar surface area (TPSA) is 86.2 Å². The molecule has 10 heteroatoms. The normalized spacial score (nSPS) is 11.7. The summed E-state index contributed by atoms with van der Waals surface area (Å²) < 4.78 is 50.1. The summed E-state index contributed by atoms with van der Waals surface area (Å²) in [4.78, 5) is 23.3. The zero-order valence-electron chi connectivity index (χ0n) is 14.3. The predicted molar refractivity (Wildman–Crippen MR) is 86.7 cm³/mol. The summed E-state index contributed by atoms with van der Waals surface area (Å²) in [5, 5.41) is 3.83. The van der Waals surface area contributed by atoms with Crippen LogP contribution < -0.4 is 10.2 Å². The van der Waals surface area contributed by atoms with Crippen LogP contribution in [0.5, 0.6) is 5.75 Å². The summed E-state index contributed by atoms with van der Waals surface area (Å²) in [6.07, 6.45) is -4.97. The summed E-state index contributed by atoms with van der Waals surface area (Å²) in [5.74, 6) is -1.70. The maximum Gasteiger partial charge on any atom is 0.573 e. The Labute approximate surface area is 148 Å². The quantitative estimate of drug-likeness (QED) is 0.404. The van der Waals surface area contributed by atoms with Crippen molar-refractivity contribution in [2.45, 2.75) is 33.1 Å². The maximum absolute atomic E-state index is 12.2. The molecule has 0 spiro atoms. The Kier molecular flexibility index (Phi) is 8.40. The minimum absolute atomic E-state index is 0.0522. The van der Waals surface area contributed by atoms with E-state index in [4.69, 9.17) is 9.47 Å². The molecule has 0 aromatic heterocycles. The first-order chi connectivity index (χ1) is 12.2. The lowest BCUT2D eigenvalue weighted by Crippen LogP contribution is -2.20. The fraction of sp³-hybridized carbons (Fsp3) is 0.438. The first kappa shape index (κ1) is 21.3. The second kappa shape index (κ2) is 10.3. The van der Waals surface area contributed by atoms with Crippen LogP contribution in [0.15, 0.2) is 29.4 Å². The molecule has 0 saturated heterocycles. The third-order valence-corrected chi connectivity index (χ3v) is 2.77. The first-order valence-corrected chi connectivity index (χ1v) is 7.76. The smallest absolute Gasteiger partial charge is 0.466 e. The van der Waals surface area contributed by atoms with Crippen LogP contribution >= 0.6 is 0 Å². The van der Waals surface area contributed by atoms with Crippen LogP contribution in [0.25, 0.3) is 0 Å². The first-order valence-electron chi connectivity index (χ1n) is 7.76. The van der Waals surface area contributed by atoms with E-state index in [1.54, 1.807) is 13.8 Å². The number of benzene rings is 1. The van der Waals surface area contributed by atoms with Crippen LogP contribution in [0, 0.1) is 0 Å². The summed E-state index contributed by atoms with van der Waals surface area (Å²) >= 11 is 0. The van der Waals surface area contributed by atoms with Gasteiger partial charge in [-0.3, -0.25) is 10.2 Å². The van der Waals surface area contributed by atoms with Crippen molar-refractivity contribution in [1.82, 2.24) is 0 Å². The Balaban J connectivity index is 2.83. The van der Waals surface area contributed by atoms with E-state index in [1.165, 1.54) is 12.1 Å². The number of carbonyl (C=O) groups is 2. The zero-order valence-corrected chi connectivity index (χ0v) is 14.3. The molecular formula is C16H19F3N2O5. The van der Waals surface area contributed by atoms with Gasteiger partial charge in [0.1, 0.15) is 11.5 Å². The van der Waals surface area contributed by atoms with Gasteiger partial charge in [-0.25, -0.2) is 4.79 Å². The summed E-state index contributed by atoms with van der Waals surface area (Å²) in [5.41, 5.74) is 2.52. The lowest BCUT2D eigenvalue weighted by atomic mass is 10.2. The number of nitrogens with zero attached hydrogens (tertiary/aromatic N) is 1. The molecule has 0 saturated carbocycles. The number of halogens is 3. The standard InChI is InChI=1S/C16H19F3N2O5/c1-3-24-14(22)9-8-13(15(23)25-4-2)21-20-11-6-5-7-12(10-11)26-16(17,18)19/h5-7,10,20H,3-4,8-9H2,1-2H3/b21-13+. The summed E-state index contributed by atoms with van der Waals surface area (Å²) in [6.45, 7) is 3.56. The number of hydrazone groups is 1. The van der Waals surface area contributed by atoms with Gasteiger partial charge in [-0.15, -0.1) is 13.2 Å². The van der Waals surface area contributed by atoms with Gasteiger partial charge in [-0.2, -0.15) is 5.10 Å². The van der Waals surface area contributed by atoms with Crippen molar-refractivity contribution in [3.05, 3.63) is 24.3 Å². The van der Waals surface area contributed by atoms with Gasteiger partial charge in [0.2, 0.25) is 0 Å². The fourth-order valence-corrected chi connectivity index (χ4v) is 1.77. The molecule has 0 bridgehead atoms. The highest BCUT2D eigenvalue weighted by atomic mass is 19.4. The highest BCUT2D eigenvalue weighted by Crippen LogP contribution is 2.25. The second-order valence-corrected chi connectivity index (χ2v) is 4.77. The number of esters is 2. The molecule has 0 radical (unpaired) electrons. The highest BCUT2D eigenvalue weighted by molar-refractivity contribution is 6.36. The Bertz CT molecular complexity index is 647. The van der Waals surface area contributed by atoms with Crippen LogP contribution in [0.4, 0.5) is 18.9 Å². The molecule has 0 aliphatic heterocycles. The Morgan fingerprint density at radius 2 is 1.81 bits per heavy atom. The van der Waals surface area contributed by atoms with E-state index in [0.717, 1.165) is 12.1 Å². The molecule has 1 N–H and O–H groups in total. The van der Waals surface area contributed by atoms with Crippen LogP contribution in [0.2, 0.25) is 0 Å². The van der Waals surface area contributed by atoms with Crippen molar-refractivity contribution in [1.29, 1.82) is 0 Å². The van der Waals surface area contributed by atoms with E-state index in [-0.39, 0.29) is 37.5 Å². The molecule has 144 valence electrons. The summed E-state index contributed by atoms with van der Waals surface area (Å²) in [6, 6.07) is 4.93. The average Bonchev–Trinajstić information content (AvgIpc) is 2.54. The number of alkyl halides is 3. The highest BCUT2D eigenvalue weighted by Gasteiger charge is 2.31. The van der Waals surface area contributed by atoms with Gasteiger partial charge >= 0.3 is 18.3 Å². The van der Waals surface area contributed by atoms with Crippen LogP contribution in [0.1, 0.15) is 26.7 Å². The van der Waals surface area contributed by atoms with Crippen molar-refractivity contribution in [2.75, 3.05) is 18.6 Å². The number of anilines is 1. The molecule has 0 aliphatic carbocycles. The van der Waals surface area contributed by atoms with E-state index >= 15 is 0 Å². The van der Waals surface area contributed by atoms with Gasteiger partial charge in [0.05, 0.1) is 25.3 Å². The van der Waals surface area contributed by atoms with Crippen molar-refractivity contribution in [3.8, 4) is 5.75 Å². The average molecular weight is 376 g/mol. The van der Waals surface area contributed by atoms with Gasteiger partial charge < -0.3 is 14.2 Å². The SMILES string of the molecule is CCOC(=O)CC/C(=N\Nc1cccc(OC(F)(F)F)c1)C(=O)OCC. The molecule has 0 atom stereocenters. The number of hydrogen-bond donors (Lipinski definition) is 1. The van der Waals surface area contributed by atoms with Crippen LogP contribution in [0.3, 0.4) is 0 Å². The largest absolute Gasteiger partial charge is 0.573 e. The number of rotatable bonds is 9. The fourth-order valence-electron chi connectivity index (χ4n) is 1.77. The lowest BCUT2D eigenvalue weighted by molar-refractivity contribution is -0.274. The predicted octanol–water partition coefficient (Wildman–Crippen LogP) is 3.26. The second-order valence-electron chi connectivity index (χ2n) is 4.77. The van der Waals surface area contributed by atoms with E-state index < -0.39 is 24.1 Å². The van der Waals surface area contributed by atoms with Crippen molar-refractivity contribution in [2.24, 2.45) is 5.10 Å². The lowest BCUT2D eigenvalue weighted by Gasteiger charge is -2.10. The third kappa shape index (κ3) is 8.36. The third-order valence-electron chi connectivity index (χ3n) is 2.77. The molecule has 0 heterocycles. The Hall–Kier alpha value is -2.78. The van der Waals surface area contributed by atoms with E-state index in [9.17, 15) is 22.8 Å². The van der Waals surface area contributed by atoms with Gasteiger partial charge in [0, 0.05) is 12.5 Å². The van der Waals surface area contributed by atoms with Crippen molar-refractivity contribution < 1.29 is 37.0 Å². The number of carbonyl (C=O) groups excluding carboxylic acids is 2. The monoisotopic (exact) mass is 376 g/mol. The molecule has 0 amide bonds. The number of nitrogens with one attached hydrogen (secondary N) is 1. The van der Waals surface area contributed by atoms with E-state index in [2.05, 4.69) is 15.3 Å². The number of hydrogen-bond acceptors (Lipinski definition) is 7. The molecule has 0 fully saturated rings. The minimum Gasteiger partial charge on any atom is -0.466 e. The van der Waals surface area contributed by atoms with Gasteiger partial charge in [0.15, 0.2) is 0 Å². The van der Waals surface area contributed by atoms with Crippen molar-refractivity contribution in [3.63, 3.8) is 0 Å². The van der Waals surface area contributed by atoms with E-state index in [0.29, 0.717) is 0 Å². The van der Waals surface area contributed by atoms with Crippen LogP contribution in [-0.4, -0.2) is 37.2 Å². The number of ether oxygens (including phenoxy) is 3. The molecule has 7 nitrogen and oxygen atoms in total. The molecule has 1 aromatic rings. The van der Waals surface area contributed by atoms with E-state index in [1.807, 2.05) is 0 Å². The van der Waals surface area contributed by atoms with Crippen LogP contribution in [-0.2, 0) is 19.1 Å². The maximum atomic E-state index is 12.2. The van der Waals surface area contributed by atoms with Gasteiger partial charge in [-0.1, -0.05) is 6.07 Å². The molecule has 26 heavy (non-hydrogen) atoms. The molecule has 0 unspecified atom stereocenters. The zero-order chi connectivity index (χ0) is 19.6. The van der Waals surface area contributed by atoms with Gasteiger partial charge in [-0.05, 0) is 26.0 Å². The molecule has 1 rings (SSSR count). The summed E-state index contributed by atoms with van der Waals surface area (Å²) in [7, 11) is 0.